The van der Waals surface area contributed by atoms with Crippen molar-refractivity contribution in [1.29, 1.82) is 0 Å². The summed E-state index contributed by atoms with van der Waals surface area (Å²) in [5, 5.41) is 10.6. The minimum Gasteiger partial charge on any atom is -0.495 e. The molecule has 1 amide bonds. The van der Waals surface area contributed by atoms with Crippen LogP contribution in [0.1, 0.15) is 32.9 Å². The van der Waals surface area contributed by atoms with E-state index in [0.717, 1.165) is 22.5 Å². The van der Waals surface area contributed by atoms with Crippen molar-refractivity contribution in [1.82, 2.24) is 15.1 Å². The van der Waals surface area contributed by atoms with Crippen LogP contribution in [0.25, 0.3) is 0 Å². The predicted octanol–water partition coefficient (Wildman–Crippen LogP) is 3.81. The van der Waals surface area contributed by atoms with Crippen molar-refractivity contribution in [2.45, 2.75) is 27.2 Å². The number of hydrogen-bond acceptors (Lipinski definition) is 6. The first kappa shape index (κ1) is 25.6. The molecule has 0 unspecified atom stereocenters. The van der Waals surface area contributed by atoms with Gasteiger partial charge in [0.05, 0.1) is 32.7 Å². The molecule has 9 heteroatoms. The molecule has 35 heavy (non-hydrogen) atoms. The molecule has 3 rings (SSSR count). The molecule has 0 atom stereocenters. The van der Waals surface area contributed by atoms with Gasteiger partial charge >= 0.3 is 0 Å². The van der Waals surface area contributed by atoms with Crippen molar-refractivity contribution in [3.63, 3.8) is 0 Å². The van der Waals surface area contributed by atoms with E-state index in [1.54, 1.807) is 32.4 Å². The van der Waals surface area contributed by atoms with Gasteiger partial charge in [-0.25, -0.2) is 0 Å². The number of hydrogen-bond donors (Lipinski definition) is 2. The third kappa shape index (κ3) is 6.11. The van der Waals surface area contributed by atoms with Gasteiger partial charge in [-0.3, -0.25) is 19.8 Å². The highest BCUT2D eigenvalue weighted by molar-refractivity contribution is 6.10. The minimum atomic E-state index is -0.336. The first-order chi connectivity index (χ1) is 16.8. The first-order valence-corrected chi connectivity index (χ1v) is 11.3. The van der Waals surface area contributed by atoms with Gasteiger partial charge in [-0.15, -0.1) is 0 Å². The standard InChI is InChI=1S/C26H33N5O4/c1-16-8-10-22(33-5)21(14-16)28-26(27-13-12-20-17(2)30-31(4)18(20)3)29-25(32)19-9-11-23(34-6)24(15-19)35-7/h8-11,14-15H,12-13H2,1-7H3,(H2,27,28,29,32). The van der Waals surface area contributed by atoms with Crippen LogP contribution in [0.15, 0.2) is 41.4 Å². The van der Waals surface area contributed by atoms with Crippen LogP contribution in [0.4, 0.5) is 5.69 Å². The molecular weight excluding hydrogens is 446 g/mol. The van der Waals surface area contributed by atoms with Crippen LogP contribution in [0.3, 0.4) is 0 Å². The number of ether oxygens (including phenoxy) is 3. The summed E-state index contributed by atoms with van der Waals surface area (Å²) in [6, 6.07) is 10.7. The topological polar surface area (TPSA) is 99.0 Å². The quantitative estimate of drug-likeness (QED) is 0.377. The Morgan fingerprint density at radius 1 is 0.971 bits per heavy atom. The van der Waals surface area contributed by atoms with E-state index in [1.807, 2.05) is 50.7 Å². The molecule has 0 saturated heterocycles. The molecule has 0 spiro atoms. The number of guanidine groups is 1. The maximum atomic E-state index is 13.1. The van der Waals surface area contributed by atoms with Crippen LogP contribution >= 0.6 is 0 Å². The summed E-state index contributed by atoms with van der Waals surface area (Å²) in [5.41, 5.74) is 5.38. The van der Waals surface area contributed by atoms with Gasteiger partial charge in [-0.2, -0.15) is 5.10 Å². The Morgan fingerprint density at radius 2 is 1.66 bits per heavy atom. The number of aryl methyl sites for hydroxylation is 3. The first-order valence-electron chi connectivity index (χ1n) is 11.3. The molecule has 0 aliphatic carbocycles. The van der Waals surface area contributed by atoms with Crippen LogP contribution in [-0.2, 0) is 13.5 Å². The number of nitrogens with zero attached hydrogens (tertiary/aromatic N) is 3. The van der Waals surface area contributed by atoms with Gasteiger partial charge in [0.1, 0.15) is 5.75 Å². The summed E-state index contributed by atoms with van der Waals surface area (Å²) in [7, 11) is 6.60. The maximum absolute atomic E-state index is 13.1. The Labute approximate surface area is 206 Å². The summed E-state index contributed by atoms with van der Waals surface area (Å²) in [6.07, 6.45) is 0.688. The number of rotatable bonds is 8. The van der Waals surface area contributed by atoms with Gasteiger partial charge in [0, 0.05) is 24.8 Å². The van der Waals surface area contributed by atoms with Crippen molar-refractivity contribution >= 4 is 17.6 Å². The summed E-state index contributed by atoms with van der Waals surface area (Å²) < 4.78 is 18.0. The summed E-state index contributed by atoms with van der Waals surface area (Å²) in [6.45, 7) is 6.46. The zero-order valence-electron chi connectivity index (χ0n) is 21.4. The SMILES string of the molecule is COc1ccc(C)cc1NC(=NCCc1c(C)nn(C)c1C)NC(=O)c1ccc(OC)c(OC)c1. The van der Waals surface area contributed by atoms with Gasteiger partial charge in [0.25, 0.3) is 5.91 Å². The Morgan fingerprint density at radius 3 is 2.29 bits per heavy atom. The smallest absolute Gasteiger partial charge is 0.258 e. The van der Waals surface area contributed by atoms with E-state index < -0.39 is 0 Å². The van der Waals surface area contributed by atoms with E-state index >= 15 is 0 Å². The number of carbonyl (C=O) groups is 1. The molecule has 0 saturated carbocycles. The molecule has 0 fully saturated rings. The van der Waals surface area contributed by atoms with E-state index in [-0.39, 0.29) is 5.91 Å². The molecule has 0 bridgehead atoms. The number of benzene rings is 2. The second kappa shape index (κ2) is 11.4. The van der Waals surface area contributed by atoms with Gasteiger partial charge in [-0.05, 0) is 68.7 Å². The van der Waals surface area contributed by atoms with Crippen molar-refractivity contribution in [3.05, 3.63) is 64.5 Å². The lowest BCUT2D eigenvalue weighted by Crippen LogP contribution is -2.36. The average Bonchev–Trinajstić information content (AvgIpc) is 3.09. The molecule has 1 heterocycles. The van der Waals surface area contributed by atoms with E-state index in [0.29, 0.717) is 47.4 Å². The predicted molar refractivity (Wildman–Crippen MR) is 137 cm³/mol. The van der Waals surface area contributed by atoms with Crippen LogP contribution in [0.5, 0.6) is 17.2 Å². The zero-order chi connectivity index (χ0) is 25.5. The fourth-order valence-corrected chi connectivity index (χ4v) is 3.77. The minimum absolute atomic E-state index is 0.313. The van der Waals surface area contributed by atoms with Gasteiger partial charge < -0.3 is 19.5 Å². The molecule has 0 aliphatic heterocycles. The molecule has 0 aliphatic rings. The third-order valence-electron chi connectivity index (χ3n) is 5.78. The van der Waals surface area contributed by atoms with Crippen LogP contribution in [-0.4, -0.2) is 49.5 Å². The molecule has 9 nitrogen and oxygen atoms in total. The zero-order valence-corrected chi connectivity index (χ0v) is 21.4. The van der Waals surface area contributed by atoms with Gasteiger partial charge in [-0.1, -0.05) is 6.07 Å². The van der Waals surface area contributed by atoms with E-state index in [9.17, 15) is 4.79 Å². The van der Waals surface area contributed by atoms with Crippen LogP contribution in [0.2, 0.25) is 0 Å². The van der Waals surface area contributed by atoms with Crippen LogP contribution < -0.4 is 24.8 Å². The fourth-order valence-electron chi connectivity index (χ4n) is 3.77. The monoisotopic (exact) mass is 479 g/mol. The Kier molecular flexibility index (Phi) is 8.35. The second-order valence-electron chi connectivity index (χ2n) is 8.11. The molecule has 1 aromatic heterocycles. The fraction of sp³-hybridized carbons (Fsp3) is 0.346. The number of amides is 1. The molecule has 2 N–H and O–H groups in total. The molecule has 0 radical (unpaired) electrons. The van der Waals surface area contributed by atoms with E-state index in [4.69, 9.17) is 14.2 Å². The normalized spacial score (nSPS) is 11.2. The Hall–Kier alpha value is -4.01. The van der Waals surface area contributed by atoms with Gasteiger partial charge in [0.15, 0.2) is 11.5 Å². The van der Waals surface area contributed by atoms with E-state index in [2.05, 4.69) is 20.7 Å². The number of methoxy groups -OCH3 is 3. The van der Waals surface area contributed by atoms with Crippen molar-refractivity contribution < 1.29 is 19.0 Å². The number of anilines is 1. The summed E-state index contributed by atoms with van der Waals surface area (Å²) in [4.78, 5) is 17.8. The van der Waals surface area contributed by atoms with Gasteiger partial charge in [0.2, 0.25) is 5.96 Å². The number of aliphatic imine (C=N–C) groups is 1. The lowest BCUT2D eigenvalue weighted by Gasteiger charge is -2.16. The number of nitrogens with one attached hydrogen (secondary N) is 2. The highest BCUT2D eigenvalue weighted by Gasteiger charge is 2.15. The summed E-state index contributed by atoms with van der Waals surface area (Å²) in [5.74, 6) is 1.63. The number of carbonyl (C=O) groups excluding carboxylic acids is 1. The Balaban J connectivity index is 1.87. The highest BCUT2D eigenvalue weighted by Crippen LogP contribution is 2.28. The third-order valence-corrected chi connectivity index (χ3v) is 5.78. The Bertz CT molecular complexity index is 1230. The molecule has 3 aromatic rings. The molecule has 186 valence electrons. The van der Waals surface area contributed by atoms with Crippen molar-refractivity contribution in [2.75, 3.05) is 33.2 Å². The van der Waals surface area contributed by atoms with Crippen molar-refractivity contribution in [3.8, 4) is 17.2 Å². The van der Waals surface area contributed by atoms with E-state index in [1.165, 1.54) is 7.11 Å². The lowest BCUT2D eigenvalue weighted by molar-refractivity contribution is 0.0976. The second-order valence-corrected chi connectivity index (χ2v) is 8.11. The highest BCUT2D eigenvalue weighted by atomic mass is 16.5. The largest absolute Gasteiger partial charge is 0.495 e. The van der Waals surface area contributed by atoms with Crippen LogP contribution in [0, 0.1) is 20.8 Å². The van der Waals surface area contributed by atoms with Crippen molar-refractivity contribution in [2.24, 2.45) is 12.0 Å². The average molecular weight is 480 g/mol. The lowest BCUT2D eigenvalue weighted by atomic mass is 10.1. The summed E-state index contributed by atoms with van der Waals surface area (Å²) >= 11 is 0. The molecule has 2 aromatic carbocycles. The maximum Gasteiger partial charge on any atom is 0.258 e. The number of aromatic nitrogens is 2. The molecular formula is C26H33N5O4.